The van der Waals surface area contributed by atoms with E-state index in [4.69, 9.17) is 14.2 Å². The number of methoxy groups -OCH3 is 1. The molecule has 244 valence electrons. The van der Waals surface area contributed by atoms with Crippen LogP contribution < -0.4 is 20.1 Å². The lowest BCUT2D eigenvalue weighted by Crippen LogP contribution is -2.49. The van der Waals surface area contributed by atoms with Crippen LogP contribution in [0.3, 0.4) is 0 Å². The molecule has 2 unspecified atom stereocenters. The molecule has 9 nitrogen and oxygen atoms in total. The maximum Gasteiger partial charge on any atom is 0.155 e. The molecule has 0 spiro atoms. The van der Waals surface area contributed by atoms with Gasteiger partial charge < -0.3 is 24.8 Å². The molecule has 0 radical (unpaired) electrons. The SMILES string of the molecule is CCC(NCCS(=O)(=O)C(C)C)C1(c2cc3c(Nc4ccc(OCc5cccc(F)c5)c(Br)c4)ncnc3cc2OC)CC=CO1. The molecule has 0 saturated heterocycles. The van der Waals surface area contributed by atoms with E-state index >= 15 is 0 Å². The predicted octanol–water partition coefficient (Wildman–Crippen LogP) is 7.18. The minimum atomic E-state index is -3.20. The Labute approximate surface area is 277 Å². The molecule has 1 aromatic heterocycles. The zero-order chi connectivity index (χ0) is 32.9. The van der Waals surface area contributed by atoms with Crippen LogP contribution in [0.4, 0.5) is 15.9 Å². The van der Waals surface area contributed by atoms with Crippen LogP contribution in [0.2, 0.25) is 0 Å². The summed E-state index contributed by atoms with van der Waals surface area (Å²) in [6, 6.07) is 15.5. The topological polar surface area (TPSA) is 112 Å². The van der Waals surface area contributed by atoms with Gasteiger partial charge in [0, 0.05) is 35.7 Å². The summed E-state index contributed by atoms with van der Waals surface area (Å²) in [5.74, 6) is 1.53. The number of aromatic nitrogens is 2. The van der Waals surface area contributed by atoms with Crippen molar-refractivity contribution in [2.75, 3.05) is 24.7 Å². The average Bonchev–Trinajstić information content (AvgIpc) is 3.53. The molecule has 12 heteroatoms. The van der Waals surface area contributed by atoms with Crippen molar-refractivity contribution < 1.29 is 27.0 Å². The van der Waals surface area contributed by atoms with Gasteiger partial charge in [-0.3, -0.25) is 0 Å². The Morgan fingerprint density at radius 2 is 1.93 bits per heavy atom. The number of hydrogen-bond donors (Lipinski definition) is 2. The van der Waals surface area contributed by atoms with Gasteiger partial charge in [0.2, 0.25) is 0 Å². The van der Waals surface area contributed by atoms with Gasteiger partial charge in [0.15, 0.2) is 15.4 Å². The second kappa shape index (κ2) is 14.4. The second-order valence-corrected chi connectivity index (χ2v) is 14.9. The van der Waals surface area contributed by atoms with Gasteiger partial charge in [-0.25, -0.2) is 22.8 Å². The van der Waals surface area contributed by atoms with E-state index in [1.807, 2.05) is 49.4 Å². The van der Waals surface area contributed by atoms with Gasteiger partial charge in [-0.1, -0.05) is 19.1 Å². The molecular formula is C34H38BrFN4O5S. The normalized spacial score (nSPS) is 16.8. The summed E-state index contributed by atoms with van der Waals surface area (Å²) in [4.78, 5) is 9.06. The van der Waals surface area contributed by atoms with Crippen LogP contribution in [0.15, 0.2) is 77.7 Å². The van der Waals surface area contributed by atoms with Gasteiger partial charge in [-0.2, -0.15) is 0 Å². The second-order valence-electron chi connectivity index (χ2n) is 11.4. The molecule has 46 heavy (non-hydrogen) atoms. The van der Waals surface area contributed by atoms with Crippen LogP contribution >= 0.6 is 15.9 Å². The first-order valence-corrected chi connectivity index (χ1v) is 17.6. The summed E-state index contributed by atoms with van der Waals surface area (Å²) < 4.78 is 57.4. The van der Waals surface area contributed by atoms with E-state index < -0.39 is 20.7 Å². The molecule has 0 bridgehead atoms. The largest absolute Gasteiger partial charge is 0.496 e. The first kappa shape index (κ1) is 33.6. The number of nitrogens with zero attached hydrogens (tertiary/aromatic N) is 2. The van der Waals surface area contributed by atoms with Gasteiger partial charge in [0.05, 0.1) is 40.4 Å². The summed E-state index contributed by atoms with van der Waals surface area (Å²) in [5.41, 5.74) is 2.13. The first-order chi connectivity index (χ1) is 22.1. The van der Waals surface area contributed by atoms with Crippen LogP contribution in [-0.2, 0) is 26.8 Å². The molecule has 1 aliphatic heterocycles. The molecule has 1 aliphatic rings. The monoisotopic (exact) mass is 712 g/mol. The van der Waals surface area contributed by atoms with Crippen molar-refractivity contribution in [3.05, 3.63) is 94.7 Å². The maximum absolute atomic E-state index is 13.6. The molecule has 2 N–H and O–H groups in total. The van der Waals surface area contributed by atoms with Gasteiger partial charge in [-0.05, 0) is 84.2 Å². The van der Waals surface area contributed by atoms with Gasteiger partial charge >= 0.3 is 0 Å². The van der Waals surface area contributed by atoms with Crippen molar-refractivity contribution in [2.45, 2.75) is 57.1 Å². The average molecular weight is 714 g/mol. The molecule has 0 amide bonds. The molecular weight excluding hydrogens is 675 g/mol. The summed E-state index contributed by atoms with van der Waals surface area (Å²) in [6.45, 7) is 5.96. The Morgan fingerprint density at radius 3 is 2.61 bits per heavy atom. The third-order valence-electron chi connectivity index (χ3n) is 8.15. The van der Waals surface area contributed by atoms with E-state index in [9.17, 15) is 12.8 Å². The van der Waals surface area contributed by atoms with E-state index in [1.54, 1.807) is 33.3 Å². The van der Waals surface area contributed by atoms with Crippen LogP contribution in [0.25, 0.3) is 10.9 Å². The van der Waals surface area contributed by atoms with E-state index in [1.165, 1.54) is 18.5 Å². The number of benzene rings is 3. The van der Waals surface area contributed by atoms with Crippen LogP contribution in [0, 0.1) is 5.82 Å². The molecule has 3 aromatic carbocycles. The lowest BCUT2D eigenvalue weighted by Gasteiger charge is -2.38. The molecule has 2 atom stereocenters. The van der Waals surface area contributed by atoms with Crippen molar-refractivity contribution >= 4 is 48.2 Å². The van der Waals surface area contributed by atoms with Crippen molar-refractivity contribution in [2.24, 2.45) is 0 Å². The zero-order valence-electron chi connectivity index (χ0n) is 26.2. The fourth-order valence-electron chi connectivity index (χ4n) is 5.58. The zero-order valence-corrected chi connectivity index (χ0v) is 28.6. The summed E-state index contributed by atoms with van der Waals surface area (Å²) in [5, 5.41) is 7.19. The Hall–Kier alpha value is -3.74. The van der Waals surface area contributed by atoms with Gasteiger partial charge in [0.1, 0.15) is 36.1 Å². The number of ether oxygens (including phenoxy) is 3. The number of fused-ring (bicyclic) bond motifs is 1. The van der Waals surface area contributed by atoms with Crippen molar-refractivity contribution in [3.63, 3.8) is 0 Å². The van der Waals surface area contributed by atoms with E-state index in [-0.39, 0.29) is 24.2 Å². The quantitative estimate of drug-likeness (QED) is 0.140. The third kappa shape index (κ3) is 7.29. The minimum absolute atomic E-state index is 0.0334. The van der Waals surface area contributed by atoms with Gasteiger partial charge in [-0.15, -0.1) is 0 Å². The summed E-state index contributed by atoms with van der Waals surface area (Å²) >= 11 is 3.59. The standard InChI is InChI=1S/C34H38BrFN4O5S/c1-5-32(37-13-15-46(41,42)22(2)3)34(12-7-14-45-34)27-18-26-29(19-31(27)43-4)38-21-39-33(26)40-25-10-11-30(28(35)17-25)44-20-23-8-6-9-24(36)16-23/h6-11,14,16-19,21-22,32,37H,5,12-13,15,20H2,1-4H3,(H,38,39,40). The summed E-state index contributed by atoms with van der Waals surface area (Å²) in [6.07, 6.45) is 6.40. The number of hydrogen-bond acceptors (Lipinski definition) is 9. The number of anilines is 2. The first-order valence-electron chi connectivity index (χ1n) is 15.1. The Bertz CT molecular complexity index is 1830. The highest BCUT2D eigenvalue weighted by atomic mass is 79.9. The molecule has 0 saturated carbocycles. The Kier molecular flexibility index (Phi) is 10.5. The number of sulfone groups is 1. The maximum atomic E-state index is 13.6. The third-order valence-corrected chi connectivity index (χ3v) is 11.0. The van der Waals surface area contributed by atoms with Gasteiger partial charge in [0.25, 0.3) is 0 Å². The van der Waals surface area contributed by atoms with E-state index in [0.717, 1.165) is 26.7 Å². The minimum Gasteiger partial charge on any atom is -0.496 e. The molecule has 5 rings (SSSR count). The van der Waals surface area contributed by atoms with E-state index in [0.29, 0.717) is 42.2 Å². The number of nitrogens with one attached hydrogen (secondary N) is 2. The van der Waals surface area contributed by atoms with Crippen molar-refractivity contribution in [1.29, 1.82) is 0 Å². The highest BCUT2D eigenvalue weighted by Crippen LogP contribution is 2.45. The lowest BCUT2D eigenvalue weighted by atomic mass is 9.81. The van der Waals surface area contributed by atoms with Crippen LogP contribution in [0.1, 0.15) is 44.7 Å². The molecule has 4 aromatic rings. The Morgan fingerprint density at radius 1 is 1.11 bits per heavy atom. The lowest BCUT2D eigenvalue weighted by molar-refractivity contribution is -0.000298. The number of halogens is 2. The smallest absolute Gasteiger partial charge is 0.155 e. The summed E-state index contributed by atoms with van der Waals surface area (Å²) in [7, 11) is -1.59. The van der Waals surface area contributed by atoms with Crippen molar-refractivity contribution in [3.8, 4) is 11.5 Å². The fraction of sp³-hybridized carbons (Fsp3) is 0.353. The molecule has 0 fully saturated rings. The molecule has 0 aliphatic carbocycles. The number of rotatable bonds is 14. The van der Waals surface area contributed by atoms with Crippen LogP contribution in [0.5, 0.6) is 11.5 Å². The molecule has 2 heterocycles. The predicted molar refractivity (Wildman–Crippen MR) is 182 cm³/mol. The highest BCUT2D eigenvalue weighted by molar-refractivity contribution is 9.10. The Balaban J connectivity index is 1.43. The highest BCUT2D eigenvalue weighted by Gasteiger charge is 2.45. The van der Waals surface area contributed by atoms with E-state index in [2.05, 4.69) is 36.5 Å². The van der Waals surface area contributed by atoms with Crippen molar-refractivity contribution in [1.82, 2.24) is 15.3 Å². The fourth-order valence-corrected chi connectivity index (χ4v) is 6.95. The van der Waals surface area contributed by atoms with Crippen LogP contribution in [-0.4, -0.2) is 49.1 Å².